The molecule has 3 heteroatoms. The third-order valence-electron chi connectivity index (χ3n) is 3.03. The van der Waals surface area contributed by atoms with Gasteiger partial charge in [0.25, 0.3) is 0 Å². The number of hydrogen-bond acceptors (Lipinski definition) is 3. The molecule has 88 valence electrons. The van der Waals surface area contributed by atoms with Gasteiger partial charge in [-0.1, -0.05) is 11.6 Å². The Kier molecular flexibility index (Phi) is 4.29. The van der Waals surface area contributed by atoms with Crippen LogP contribution in [0.5, 0.6) is 0 Å². The average Bonchev–Trinajstić information content (AvgIpc) is 2.88. The van der Waals surface area contributed by atoms with Crippen LogP contribution in [0.1, 0.15) is 36.9 Å². The second-order valence-corrected chi connectivity index (χ2v) is 4.34. The quantitative estimate of drug-likeness (QED) is 0.621. The fourth-order valence-electron chi connectivity index (χ4n) is 2.09. The number of nitrogens with one attached hydrogen (secondary N) is 1. The second kappa shape index (κ2) is 6.17. The SMILES string of the molecule is N#Cc1cc(CNCCC2=CCCC2)ccn1. The molecule has 0 fully saturated rings. The zero-order valence-electron chi connectivity index (χ0n) is 9.95. The van der Waals surface area contributed by atoms with Gasteiger partial charge in [0.2, 0.25) is 0 Å². The number of hydrogen-bond donors (Lipinski definition) is 1. The first-order valence-corrected chi connectivity index (χ1v) is 6.12. The molecule has 1 aliphatic carbocycles. The smallest absolute Gasteiger partial charge is 0.140 e. The van der Waals surface area contributed by atoms with E-state index in [1.54, 1.807) is 11.8 Å². The van der Waals surface area contributed by atoms with Crippen molar-refractivity contribution in [3.63, 3.8) is 0 Å². The molecule has 0 spiro atoms. The summed E-state index contributed by atoms with van der Waals surface area (Å²) in [4.78, 5) is 3.95. The molecule has 2 rings (SSSR count). The van der Waals surface area contributed by atoms with Crippen LogP contribution >= 0.6 is 0 Å². The van der Waals surface area contributed by atoms with Crippen molar-refractivity contribution in [3.8, 4) is 6.07 Å². The van der Waals surface area contributed by atoms with Crippen LogP contribution in [-0.4, -0.2) is 11.5 Å². The summed E-state index contributed by atoms with van der Waals surface area (Å²) in [6.45, 7) is 1.82. The highest BCUT2D eigenvalue weighted by Crippen LogP contribution is 2.19. The average molecular weight is 227 g/mol. The van der Waals surface area contributed by atoms with E-state index in [1.165, 1.54) is 19.3 Å². The first-order chi connectivity index (χ1) is 8.38. The van der Waals surface area contributed by atoms with Crippen molar-refractivity contribution in [2.75, 3.05) is 6.54 Å². The Balaban J connectivity index is 1.72. The molecule has 1 aliphatic rings. The number of allylic oxidation sites excluding steroid dienone is 1. The fourth-order valence-corrected chi connectivity index (χ4v) is 2.09. The lowest BCUT2D eigenvalue weighted by molar-refractivity contribution is 0.675. The van der Waals surface area contributed by atoms with Crippen molar-refractivity contribution in [2.45, 2.75) is 32.2 Å². The highest BCUT2D eigenvalue weighted by molar-refractivity contribution is 5.25. The summed E-state index contributed by atoms with van der Waals surface area (Å²) in [7, 11) is 0. The topological polar surface area (TPSA) is 48.7 Å². The highest BCUT2D eigenvalue weighted by Gasteiger charge is 2.03. The minimum atomic E-state index is 0.489. The van der Waals surface area contributed by atoms with Gasteiger partial charge in [-0.05, 0) is 49.9 Å². The molecule has 0 saturated carbocycles. The van der Waals surface area contributed by atoms with E-state index < -0.39 is 0 Å². The van der Waals surface area contributed by atoms with Crippen molar-refractivity contribution in [2.24, 2.45) is 0 Å². The third kappa shape index (κ3) is 3.69. The lowest BCUT2D eigenvalue weighted by atomic mass is 10.1. The molecule has 1 aromatic rings. The molecule has 1 N–H and O–H groups in total. The molecule has 0 bridgehead atoms. The monoisotopic (exact) mass is 227 g/mol. The summed E-state index contributed by atoms with van der Waals surface area (Å²) in [5.41, 5.74) is 3.20. The Morgan fingerprint density at radius 3 is 3.18 bits per heavy atom. The Labute approximate surface area is 102 Å². The maximum absolute atomic E-state index is 8.74. The minimum Gasteiger partial charge on any atom is -0.312 e. The zero-order valence-corrected chi connectivity index (χ0v) is 9.95. The molecule has 17 heavy (non-hydrogen) atoms. The number of aromatic nitrogens is 1. The number of nitriles is 1. The van der Waals surface area contributed by atoms with E-state index in [0.717, 1.165) is 25.1 Å². The van der Waals surface area contributed by atoms with Crippen molar-refractivity contribution < 1.29 is 0 Å². The van der Waals surface area contributed by atoms with Gasteiger partial charge >= 0.3 is 0 Å². The molecule has 1 aromatic heterocycles. The van der Waals surface area contributed by atoms with E-state index in [4.69, 9.17) is 5.26 Å². The van der Waals surface area contributed by atoms with Crippen LogP contribution in [0.25, 0.3) is 0 Å². The van der Waals surface area contributed by atoms with Crippen molar-refractivity contribution in [3.05, 3.63) is 41.2 Å². The van der Waals surface area contributed by atoms with Gasteiger partial charge in [-0.2, -0.15) is 5.26 Å². The van der Waals surface area contributed by atoms with Gasteiger partial charge < -0.3 is 5.32 Å². The Hall–Kier alpha value is -1.66. The number of pyridine rings is 1. The second-order valence-electron chi connectivity index (χ2n) is 4.34. The van der Waals surface area contributed by atoms with Gasteiger partial charge in [0, 0.05) is 12.7 Å². The molecule has 1 heterocycles. The lowest BCUT2D eigenvalue weighted by Crippen LogP contribution is -2.15. The molecule has 0 atom stereocenters. The summed E-state index contributed by atoms with van der Waals surface area (Å²) >= 11 is 0. The predicted octanol–water partition coefficient (Wildman–Crippen LogP) is 2.54. The molecule has 0 unspecified atom stereocenters. The van der Waals surface area contributed by atoms with Gasteiger partial charge in [-0.25, -0.2) is 4.98 Å². The minimum absolute atomic E-state index is 0.489. The zero-order chi connectivity index (χ0) is 11.9. The number of rotatable bonds is 5. The summed E-state index contributed by atoms with van der Waals surface area (Å²) in [5, 5.41) is 12.1. The molecular weight excluding hydrogens is 210 g/mol. The Morgan fingerprint density at radius 2 is 2.41 bits per heavy atom. The summed E-state index contributed by atoms with van der Waals surface area (Å²) in [6, 6.07) is 5.84. The largest absolute Gasteiger partial charge is 0.312 e. The Morgan fingerprint density at radius 1 is 1.47 bits per heavy atom. The van der Waals surface area contributed by atoms with E-state index in [9.17, 15) is 0 Å². The standard InChI is InChI=1S/C14H17N3/c15-10-14-9-13(6-8-17-14)11-16-7-5-12-3-1-2-4-12/h3,6,8-9,16H,1-2,4-5,7,11H2. The highest BCUT2D eigenvalue weighted by atomic mass is 14.8. The van der Waals surface area contributed by atoms with Crippen molar-refractivity contribution in [1.82, 2.24) is 10.3 Å². The molecule has 0 radical (unpaired) electrons. The van der Waals surface area contributed by atoms with Crippen LogP contribution in [0.3, 0.4) is 0 Å². The van der Waals surface area contributed by atoms with Gasteiger partial charge in [-0.3, -0.25) is 0 Å². The van der Waals surface area contributed by atoms with Crippen LogP contribution in [0.4, 0.5) is 0 Å². The van der Waals surface area contributed by atoms with Gasteiger partial charge in [-0.15, -0.1) is 0 Å². The van der Waals surface area contributed by atoms with Gasteiger partial charge in [0.1, 0.15) is 11.8 Å². The normalized spacial score (nSPS) is 14.4. The van der Waals surface area contributed by atoms with Crippen LogP contribution in [0.15, 0.2) is 30.0 Å². The van der Waals surface area contributed by atoms with Crippen LogP contribution in [0.2, 0.25) is 0 Å². The van der Waals surface area contributed by atoms with Gasteiger partial charge in [0.15, 0.2) is 0 Å². The van der Waals surface area contributed by atoms with Crippen molar-refractivity contribution in [1.29, 1.82) is 5.26 Å². The summed E-state index contributed by atoms with van der Waals surface area (Å²) in [6.07, 6.45) is 9.05. The summed E-state index contributed by atoms with van der Waals surface area (Å²) in [5.74, 6) is 0. The molecule has 0 aliphatic heterocycles. The van der Waals surface area contributed by atoms with E-state index in [1.807, 2.05) is 12.1 Å². The number of nitrogens with zero attached hydrogens (tertiary/aromatic N) is 2. The Bertz CT molecular complexity index is 443. The van der Waals surface area contributed by atoms with E-state index in [-0.39, 0.29) is 0 Å². The molecule has 0 saturated heterocycles. The van der Waals surface area contributed by atoms with Crippen LogP contribution in [-0.2, 0) is 6.54 Å². The maximum atomic E-state index is 8.74. The third-order valence-corrected chi connectivity index (χ3v) is 3.03. The molecule has 3 nitrogen and oxygen atoms in total. The van der Waals surface area contributed by atoms with Crippen molar-refractivity contribution >= 4 is 0 Å². The lowest BCUT2D eigenvalue weighted by Gasteiger charge is -2.05. The van der Waals surface area contributed by atoms with E-state index in [2.05, 4.69) is 22.4 Å². The van der Waals surface area contributed by atoms with E-state index >= 15 is 0 Å². The molecule has 0 aromatic carbocycles. The van der Waals surface area contributed by atoms with Gasteiger partial charge in [0.05, 0.1) is 0 Å². The fraction of sp³-hybridized carbons (Fsp3) is 0.429. The van der Waals surface area contributed by atoms with Crippen LogP contribution < -0.4 is 5.32 Å². The first kappa shape index (κ1) is 11.8. The maximum Gasteiger partial charge on any atom is 0.140 e. The molecule has 0 amide bonds. The van der Waals surface area contributed by atoms with E-state index in [0.29, 0.717) is 5.69 Å². The molecular formula is C14H17N3. The predicted molar refractivity (Wildman–Crippen MR) is 67.2 cm³/mol. The summed E-state index contributed by atoms with van der Waals surface area (Å²) < 4.78 is 0. The van der Waals surface area contributed by atoms with Crippen LogP contribution in [0, 0.1) is 11.3 Å². The first-order valence-electron chi connectivity index (χ1n) is 6.12.